The van der Waals surface area contributed by atoms with Gasteiger partial charge in [0.2, 0.25) is 0 Å². The molecule has 4 nitrogen and oxygen atoms in total. The molecule has 1 aliphatic rings. The molecule has 0 bridgehead atoms. The van der Waals surface area contributed by atoms with E-state index in [0.29, 0.717) is 12.3 Å². The monoisotopic (exact) mass is 256 g/mol. The van der Waals surface area contributed by atoms with Gasteiger partial charge in [-0.3, -0.25) is 4.79 Å². The summed E-state index contributed by atoms with van der Waals surface area (Å²) >= 11 is 0. The molecule has 0 amide bonds. The Labute approximate surface area is 109 Å². The molecule has 18 heavy (non-hydrogen) atoms. The van der Waals surface area contributed by atoms with Crippen LogP contribution in [0.4, 0.5) is 0 Å². The smallest absolute Gasteiger partial charge is 0.344 e. The number of hydrogen-bond acceptors (Lipinski definition) is 4. The Bertz CT molecular complexity index is 327. The molecular formula is C14H24O4. The molecule has 0 spiro atoms. The van der Waals surface area contributed by atoms with Gasteiger partial charge in [-0.1, -0.05) is 6.92 Å². The second kappa shape index (κ2) is 5.29. The van der Waals surface area contributed by atoms with Crippen molar-refractivity contribution in [2.45, 2.75) is 59.5 Å². The summed E-state index contributed by atoms with van der Waals surface area (Å²) in [5.41, 5.74) is -0.990. The van der Waals surface area contributed by atoms with Gasteiger partial charge in [0.1, 0.15) is 5.60 Å². The van der Waals surface area contributed by atoms with E-state index >= 15 is 0 Å². The maximum absolute atomic E-state index is 11.7. The van der Waals surface area contributed by atoms with E-state index in [1.54, 1.807) is 13.8 Å². The number of ether oxygens (including phenoxy) is 2. The lowest BCUT2D eigenvalue weighted by molar-refractivity contribution is -0.172. The van der Waals surface area contributed by atoms with Gasteiger partial charge >= 0.3 is 11.9 Å². The van der Waals surface area contributed by atoms with Crippen LogP contribution in [0.5, 0.6) is 0 Å². The maximum Gasteiger partial charge on any atom is 0.344 e. The average molecular weight is 256 g/mol. The first-order valence-electron chi connectivity index (χ1n) is 6.58. The van der Waals surface area contributed by atoms with Crippen molar-refractivity contribution in [2.75, 3.05) is 6.61 Å². The van der Waals surface area contributed by atoms with E-state index in [9.17, 15) is 9.59 Å². The highest BCUT2D eigenvalue weighted by molar-refractivity contribution is 5.79. The fraction of sp³-hybridized carbons (Fsp3) is 0.857. The van der Waals surface area contributed by atoms with Gasteiger partial charge in [0, 0.05) is 0 Å². The summed E-state index contributed by atoms with van der Waals surface area (Å²) in [5, 5.41) is 0. The second-order valence-electron chi connectivity index (χ2n) is 6.17. The molecule has 0 aromatic heterocycles. The first-order valence-corrected chi connectivity index (χ1v) is 6.58. The molecule has 0 saturated heterocycles. The Morgan fingerprint density at radius 3 is 2.17 bits per heavy atom. The summed E-state index contributed by atoms with van der Waals surface area (Å²) < 4.78 is 10.3. The Balaban J connectivity index is 2.35. The lowest BCUT2D eigenvalue weighted by Gasteiger charge is -2.25. The Morgan fingerprint density at radius 2 is 1.72 bits per heavy atom. The Morgan fingerprint density at radius 1 is 1.17 bits per heavy atom. The summed E-state index contributed by atoms with van der Waals surface area (Å²) in [6.45, 7) is 9.03. The Hall–Kier alpha value is -1.06. The van der Waals surface area contributed by atoms with Crippen molar-refractivity contribution in [1.82, 2.24) is 0 Å². The van der Waals surface area contributed by atoms with Crippen LogP contribution in [0.15, 0.2) is 0 Å². The van der Waals surface area contributed by atoms with Gasteiger partial charge in [-0.15, -0.1) is 0 Å². The van der Waals surface area contributed by atoms with Gasteiger partial charge in [-0.05, 0) is 52.9 Å². The third-order valence-corrected chi connectivity index (χ3v) is 3.69. The summed E-state index contributed by atoms with van der Waals surface area (Å²) in [6, 6.07) is 0. The van der Waals surface area contributed by atoms with Crippen LogP contribution in [-0.2, 0) is 19.1 Å². The largest absolute Gasteiger partial charge is 0.457 e. The van der Waals surface area contributed by atoms with Crippen LogP contribution >= 0.6 is 0 Å². The quantitative estimate of drug-likeness (QED) is 0.686. The normalized spacial score (nSPS) is 16.3. The number of hydrogen-bond donors (Lipinski definition) is 0. The number of carbonyl (C=O) groups is 2. The fourth-order valence-electron chi connectivity index (χ4n) is 1.65. The lowest BCUT2D eigenvalue weighted by atomic mass is 9.91. The molecule has 0 N–H and O–H groups in total. The number of rotatable bonds is 6. The third-order valence-electron chi connectivity index (χ3n) is 3.69. The van der Waals surface area contributed by atoms with Crippen molar-refractivity contribution in [3.63, 3.8) is 0 Å². The van der Waals surface area contributed by atoms with Crippen molar-refractivity contribution in [2.24, 2.45) is 11.3 Å². The topological polar surface area (TPSA) is 52.6 Å². The van der Waals surface area contributed by atoms with Gasteiger partial charge in [0.15, 0.2) is 6.61 Å². The third kappa shape index (κ3) is 4.00. The average Bonchev–Trinajstić information content (AvgIpc) is 3.09. The molecule has 1 fully saturated rings. The van der Waals surface area contributed by atoms with Gasteiger partial charge in [-0.25, -0.2) is 4.79 Å². The summed E-state index contributed by atoms with van der Waals surface area (Å²) in [6.07, 6.45) is 2.88. The molecule has 0 heterocycles. The minimum Gasteiger partial charge on any atom is -0.457 e. The highest BCUT2D eigenvalue weighted by Crippen LogP contribution is 2.41. The molecule has 0 radical (unpaired) electrons. The van der Waals surface area contributed by atoms with Crippen LogP contribution in [-0.4, -0.2) is 24.1 Å². The molecule has 0 aromatic carbocycles. The summed E-state index contributed by atoms with van der Waals surface area (Å²) in [7, 11) is 0. The van der Waals surface area contributed by atoms with Gasteiger partial charge < -0.3 is 9.47 Å². The minimum atomic E-state index is -0.549. The van der Waals surface area contributed by atoms with Crippen LogP contribution in [0.25, 0.3) is 0 Å². The van der Waals surface area contributed by atoms with Crippen LogP contribution in [0.2, 0.25) is 0 Å². The van der Waals surface area contributed by atoms with Crippen molar-refractivity contribution < 1.29 is 19.1 Å². The maximum atomic E-state index is 11.7. The first kappa shape index (κ1) is 15.0. The SMILES string of the molecule is CCC(C)(C)C(=O)OCC(=O)OC(C)(C)C1CC1. The fourth-order valence-corrected chi connectivity index (χ4v) is 1.65. The van der Waals surface area contributed by atoms with Crippen molar-refractivity contribution in [1.29, 1.82) is 0 Å². The van der Waals surface area contributed by atoms with Crippen LogP contribution in [0.1, 0.15) is 53.9 Å². The zero-order chi connectivity index (χ0) is 14.0. The van der Waals surface area contributed by atoms with Crippen LogP contribution < -0.4 is 0 Å². The van der Waals surface area contributed by atoms with Crippen LogP contribution in [0, 0.1) is 11.3 Å². The lowest BCUT2D eigenvalue weighted by Crippen LogP contribution is -2.34. The van der Waals surface area contributed by atoms with Gasteiger partial charge in [-0.2, -0.15) is 0 Å². The van der Waals surface area contributed by atoms with E-state index in [0.717, 1.165) is 12.8 Å². The molecule has 0 atom stereocenters. The van der Waals surface area contributed by atoms with E-state index < -0.39 is 17.0 Å². The minimum absolute atomic E-state index is 0.293. The van der Waals surface area contributed by atoms with E-state index in [2.05, 4.69) is 0 Å². The molecular weight excluding hydrogens is 232 g/mol. The van der Waals surface area contributed by atoms with Crippen molar-refractivity contribution in [3.8, 4) is 0 Å². The summed E-state index contributed by atoms with van der Waals surface area (Å²) in [4.78, 5) is 23.3. The summed E-state index contributed by atoms with van der Waals surface area (Å²) in [5.74, 6) is -0.373. The van der Waals surface area contributed by atoms with E-state index in [1.807, 2.05) is 20.8 Å². The predicted molar refractivity (Wildman–Crippen MR) is 67.9 cm³/mol. The number of esters is 2. The molecule has 1 aliphatic carbocycles. The zero-order valence-electron chi connectivity index (χ0n) is 12.0. The predicted octanol–water partition coefficient (Wildman–Crippen LogP) is 2.70. The van der Waals surface area contributed by atoms with Gasteiger partial charge in [0.25, 0.3) is 0 Å². The van der Waals surface area contributed by atoms with Crippen molar-refractivity contribution >= 4 is 11.9 Å². The van der Waals surface area contributed by atoms with Crippen LogP contribution in [0.3, 0.4) is 0 Å². The highest BCUT2D eigenvalue weighted by Gasteiger charge is 2.41. The van der Waals surface area contributed by atoms with Gasteiger partial charge in [0.05, 0.1) is 5.41 Å². The van der Waals surface area contributed by atoms with E-state index in [4.69, 9.17) is 9.47 Å². The molecule has 104 valence electrons. The number of carbonyl (C=O) groups excluding carboxylic acids is 2. The second-order valence-corrected chi connectivity index (χ2v) is 6.17. The molecule has 1 rings (SSSR count). The Kier molecular flexibility index (Phi) is 4.41. The van der Waals surface area contributed by atoms with E-state index in [-0.39, 0.29) is 12.6 Å². The standard InChI is InChI=1S/C14H24O4/c1-6-13(2,3)12(16)17-9-11(15)18-14(4,5)10-7-8-10/h10H,6-9H2,1-5H3. The molecule has 0 unspecified atom stereocenters. The highest BCUT2D eigenvalue weighted by atomic mass is 16.6. The molecule has 0 aromatic rings. The first-order chi connectivity index (χ1) is 8.19. The zero-order valence-corrected chi connectivity index (χ0v) is 12.0. The van der Waals surface area contributed by atoms with E-state index in [1.165, 1.54) is 0 Å². The molecule has 1 saturated carbocycles. The van der Waals surface area contributed by atoms with Crippen molar-refractivity contribution in [3.05, 3.63) is 0 Å². The molecule has 4 heteroatoms. The molecule has 0 aliphatic heterocycles.